The van der Waals surface area contributed by atoms with Crippen LogP contribution in [-0.4, -0.2) is 15.0 Å². The summed E-state index contributed by atoms with van der Waals surface area (Å²) in [7, 11) is 0. The molecule has 1 aromatic carbocycles. The van der Waals surface area contributed by atoms with Crippen molar-refractivity contribution in [1.29, 1.82) is 0 Å². The van der Waals surface area contributed by atoms with Crippen molar-refractivity contribution < 1.29 is 8.78 Å². The number of rotatable bonds is 2. The summed E-state index contributed by atoms with van der Waals surface area (Å²) >= 11 is 0. The highest BCUT2D eigenvalue weighted by atomic mass is 19.1. The van der Waals surface area contributed by atoms with Crippen molar-refractivity contribution in [1.82, 2.24) is 15.0 Å². The van der Waals surface area contributed by atoms with Crippen molar-refractivity contribution in [2.75, 3.05) is 0 Å². The van der Waals surface area contributed by atoms with Gasteiger partial charge in [0.25, 0.3) is 0 Å². The van der Waals surface area contributed by atoms with Crippen LogP contribution < -0.4 is 0 Å². The van der Waals surface area contributed by atoms with E-state index in [1.165, 1.54) is 12.3 Å². The minimum atomic E-state index is -0.755. The van der Waals surface area contributed by atoms with Gasteiger partial charge in [0.1, 0.15) is 0 Å². The fraction of sp³-hybridized carbons (Fsp3) is 0.0625. The molecule has 5 heteroatoms. The molecule has 0 bridgehead atoms. The maximum atomic E-state index is 14.1. The van der Waals surface area contributed by atoms with Gasteiger partial charge in [0.2, 0.25) is 11.9 Å². The summed E-state index contributed by atoms with van der Waals surface area (Å²) in [5.41, 5.74) is 2.69. The van der Waals surface area contributed by atoms with E-state index in [-0.39, 0.29) is 11.3 Å². The molecule has 0 fully saturated rings. The second-order valence-corrected chi connectivity index (χ2v) is 4.63. The third kappa shape index (κ3) is 2.76. The Labute approximate surface area is 120 Å². The van der Waals surface area contributed by atoms with Crippen LogP contribution in [0.3, 0.4) is 0 Å². The van der Waals surface area contributed by atoms with E-state index in [1.807, 2.05) is 31.2 Å². The summed E-state index contributed by atoms with van der Waals surface area (Å²) in [5, 5.41) is 0. The Morgan fingerprint density at radius 3 is 2.24 bits per heavy atom. The first-order valence-corrected chi connectivity index (χ1v) is 6.35. The lowest BCUT2D eigenvalue weighted by Crippen LogP contribution is -1.96. The molecule has 0 radical (unpaired) electrons. The molecule has 0 amide bonds. The van der Waals surface area contributed by atoms with Crippen LogP contribution in [0.25, 0.3) is 22.5 Å². The number of hydrogen-bond donors (Lipinski definition) is 0. The summed E-state index contributed by atoms with van der Waals surface area (Å²) in [6.45, 7) is 1.98. The smallest absolute Gasteiger partial charge is 0.231 e. The number of aromatic nitrogens is 3. The van der Waals surface area contributed by atoms with Gasteiger partial charge in [-0.25, -0.2) is 9.97 Å². The molecule has 21 heavy (non-hydrogen) atoms. The number of aryl methyl sites for hydroxylation is 1. The Balaban J connectivity index is 2.02. The Kier molecular flexibility index (Phi) is 3.39. The van der Waals surface area contributed by atoms with E-state index in [0.29, 0.717) is 5.69 Å². The first-order valence-electron chi connectivity index (χ1n) is 6.35. The highest BCUT2D eigenvalue weighted by Gasteiger charge is 2.11. The van der Waals surface area contributed by atoms with Gasteiger partial charge in [0.05, 0.1) is 29.3 Å². The maximum Gasteiger partial charge on any atom is 0.231 e. The topological polar surface area (TPSA) is 38.7 Å². The van der Waals surface area contributed by atoms with E-state index in [9.17, 15) is 8.78 Å². The number of benzene rings is 1. The van der Waals surface area contributed by atoms with Gasteiger partial charge in [-0.05, 0) is 19.1 Å². The number of nitrogens with zero attached hydrogens (tertiary/aromatic N) is 3. The van der Waals surface area contributed by atoms with Gasteiger partial charge in [-0.3, -0.25) is 4.98 Å². The van der Waals surface area contributed by atoms with E-state index in [2.05, 4.69) is 15.0 Å². The molecule has 3 aromatic rings. The van der Waals surface area contributed by atoms with Gasteiger partial charge in [-0.2, -0.15) is 8.78 Å². The second kappa shape index (κ2) is 5.36. The number of pyridine rings is 1. The van der Waals surface area contributed by atoms with Gasteiger partial charge in [0.15, 0.2) is 0 Å². The average molecular weight is 283 g/mol. The molecule has 0 spiro atoms. The molecule has 0 saturated carbocycles. The van der Waals surface area contributed by atoms with Gasteiger partial charge in [0, 0.05) is 5.56 Å². The molecule has 0 saturated heterocycles. The molecular weight excluding hydrogens is 272 g/mol. The minimum absolute atomic E-state index is 0.121. The molecule has 2 aromatic heterocycles. The largest absolute Gasteiger partial charge is 0.258 e. The van der Waals surface area contributed by atoms with Crippen LogP contribution >= 0.6 is 0 Å². The highest BCUT2D eigenvalue weighted by Crippen LogP contribution is 2.24. The molecule has 3 rings (SSSR count). The summed E-state index contributed by atoms with van der Waals surface area (Å²) in [6, 6.07) is 10.8. The number of halogens is 2. The molecular formula is C16H11F2N3. The summed E-state index contributed by atoms with van der Waals surface area (Å²) in [4.78, 5) is 11.2. The Morgan fingerprint density at radius 1 is 0.810 bits per heavy atom. The molecule has 104 valence electrons. The van der Waals surface area contributed by atoms with Crippen molar-refractivity contribution >= 4 is 0 Å². The van der Waals surface area contributed by atoms with Gasteiger partial charge < -0.3 is 0 Å². The summed E-state index contributed by atoms with van der Waals surface area (Å²) in [5.74, 6) is -1.46. The highest BCUT2D eigenvalue weighted by molar-refractivity contribution is 5.64. The molecule has 0 atom stereocenters. The predicted octanol–water partition coefficient (Wildman–Crippen LogP) is 3.79. The van der Waals surface area contributed by atoms with Crippen LogP contribution in [0.5, 0.6) is 0 Å². The second-order valence-electron chi connectivity index (χ2n) is 4.63. The Bertz CT molecular complexity index is 786. The van der Waals surface area contributed by atoms with E-state index in [0.717, 1.165) is 17.3 Å². The monoisotopic (exact) mass is 283 g/mol. The standard InChI is InChI=1S/C16H11F2N3/c1-10-2-4-11(5-3-10)13-7-6-12(16(18)21-13)14-8-19-9-15(17)20-14/h2-9H,1H3. The molecule has 0 aliphatic carbocycles. The quantitative estimate of drug-likeness (QED) is 0.672. The van der Waals surface area contributed by atoms with Crippen molar-refractivity contribution in [3.8, 4) is 22.5 Å². The zero-order valence-corrected chi connectivity index (χ0v) is 11.2. The van der Waals surface area contributed by atoms with Gasteiger partial charge in [-0.1, -0.05) is 29.8 Å². The van der Waals surface area contributed by atoms with E-state index < -0.39 is 11.9 Å². The van der Waals surface area contributed by atoms with Crippen LogP contribution in [0.4, 0.5) is 8.78 Å². The predicted molar refractivity (Wildman–Crippen MR) is 75.4 cm³/mol. The molecule has 0 unspecified atom stereocenters. The van der Waals surface area contributed by atoms with E-state index >= 15 is 0 Å². The summed E-state index contributed by atoms with van der Waals surface area (Å²) < 4.78 is 27.2. The SMILES string of the molecule is Cc1ccc(-c2ccc(-c3cncc(F)n3)c(F)n2)cc1. The fourth-order valence-electron chi connectivity index (χ4n) is 1.98. The van der Waals surface area contributed by atoms with Crippen molar-refractivity contribution in [2.45, 2.75) is 6.92 Å². The van der Waals surface area contributed by atoms with Crippen molar-refractivity contribution in [3.63, 3.8) is 0 Å². The molecule has 0 aliphatic heterocycles. The van der Waals surface area contributed by atoms with Crippen LogP contribution in [0.1, 0.15) is 5.56 Å². The van der Waals surface area contributed by atoms with Gasteiger partial charge in [-0.15, -0.1) is 0 Å². The van der Waals surface area contributed by atoms with Gasteiger partial charge >= 0.3 is 0 Å². The lowest BCUT2D eigenvalue weighted by molar-refractivity contribution is 0.572. The lowest BCUT2D eigenvalue weighted by atomic mass is 10.1. The van der Waals surface area contributed by atoms with Crippen molar-refractivity contribution in [2.24, 2.45) is 0 Å². The van der Waals surface area contributed by atoms with E-state index in [1.54, 1.807) is 6.07 Å². The van der Waals surface area contributed by atoms with Crippen LogP contribution in [-0.2, 0) is 0 Å². The molecule has 0 N–H and O–H groups in total. The molecule has 2 heterocycles. The molecule has 3 nitrogen and oxygen atoms in total. The lowest BCUT2D eigenvalue weighted by Gasteiger charge is -2.05. The third-order valence-electron chi connectivity index (χ3n) is 3.08. The van der Waals surface area contributed by atoms with Crippen LogP contribution in [0.15, 0.2) is 48.8 Å². The summed E-state index contributed by atoms with van der Waals surface area (Å²) in [6.07, 6.45) is 2.27. The Hall–Kier alpha value is -2.69. The van der Waals surface area contributed by atoms with E-state index in [4.69, 9.17) is 0 Å². The van der Waals surface area contributed by atoms with Crippen LogP contribution in [0, 0.1) is 18.8 Å². The number of hydrogen-bond acceptors (Lipinski definition) is 3. The van der Waals surface area contributed by atoms with Crippen LogP contribution in [0.2, 0.25) is 0 Å². The maximum absolute atomic E-state index is 14.1. The zero-order chi connectivity index (χ0) is 14.8. The molecule has 0 aliphatic rings. The fourth-order valence-corrected chi connectivity index (χ4v) is 1.98. The van der Waals surface area contributed by atoms with Crippen molar-refractivity contribution in [3.05, 3.63) is 66.3 Å². The Morgan fingerprint density at radius 2 is 1.57 bits per heavy atom. The third-order valence-corrected chi connectivity index (χ3v) is 3.08. The first-order chi connectivity index (χ1) is 10.1. The minimum Gasteiger partial charge on any atom is -0.258 e. The average Bonchev–Trinajstić information content (AvgIpc) is 2.48. The zero-order valence-electron chi connectivity index (χ0n) is 11.2. The normalized spacial score (nSPS) is 10.6. The first kappa shape index (κ1) is 13.3.